The second-order valence-electron chi connectivity index (χ2n) is 7.54. The highest BCUT2D eigenvalue weighted by Crippen LogP contribution is 2.39. The van der Waals surface area contributed by atoms with Crippen LogP contribution in [0.3, 0.4) is 0 Å². The monoisotopic (exact) mass is 384 g/mol. The van der Waals surface area contributed by atoms with E-state index in [0.29, 0.717) is 5.39 Å². The van der Waals surface area contributed by atoms with Gasteiger partial charge in [-0.25, -0.2) is 9.37 Å². The predicted octanol–water partition coefficient (Wildman–Crippen LogP) is 7.07. The topological polar surface area (TPSA) is 17.3 Å². The molecule has 28 heavy (non-hydrogen) atoms. The van der Waals surface area contributed by atoms with Crippen LogP contribution in [0.25, 0.3) is 48.2 Å². The summed E-state index contributed by atoms with van der Waals surface area (Å²) < 4.78 is 17.6. The Balaban J connectivity index is 2.03. The molecule has 3 aromatic carbocycles. The van der Waals surface area contributed by atoms with Crippen molar-refractivity contribution in [2.45, 2.75) is 20.8 Å². The number of rotatable bonds is 0. The Labute approximate surface area is 164 Å². The lowest BCUT2D eigenvalue weighted by molar-refractivity contribution is 0.644. The quantitative estimate of drug-likeness (QED) is 0.202. The summed E-state index contributed by atoms with van der Waals surface area (Å²) in [7, 11) is 0. The number of hydrogen-bond donors (Lipinski definition) is 0. The van der Waals surface area contributed by atoms with Crippen LogP contribution in [0.15, 0.2) is 47.8 Å². The van der Waals surface area contributed by atoms with E-state index in [9.17, 15) is 4.39 Å². The van der Waals surface area contributed by atoms with Crippen molar-refractivity contribution >= 4 is 59.5 Å². The second-order valence-corrected chi connectivity index (χ2v) is 8.45. The molecule has 0 spiro atoms. The van der Waals surface area contributed by atoms with E-state index >= 15 is 0 Å². The molecule has 0 saturated carbocycles. The van der Waals surface area contributed by atoms with Crippen LogP contribution in [0, 0.1) is 26.6 Å². The van der Waals surface area contributed by atoms with E-state index in [2.05, 4.69) is 61.6 Å². The highest BCUT2D eigenvalue weighted by Gasteiger charge is 2.18. The summed E-state index contributed by atoms with van der Waals surface area (Å²) in [5, 5.41) is 8.09. The first-order valence-corrected chi connectivity index (χ1v) is 10.2. The lowest BCUT2D eigenvalue weighted by atomic mass is 9.95. The molecule has 0 amide bonds. The maximum absolute atomic E-state index is 14.4. The molecule has 136 valence electrons. The van der Waals surface area contributed by atoms with E-state index < -0.39 is 0 Å². The van der Waals surface area contributed by atoms with Crippen molar-refractivity contribution in [2.75, 3.05) is 0 Å². The standard InChI is InChI=1S/C24H17FN2S/c1-12-16-7-5-4-6-15(16)8-19-23(12)18-9-17-20(25)11-28-22(17)10-21(18)27-14(3)13(2)26-24(19)27/h4-11H,1-3H3. The lowest BCUT2D eigenvalue weighted by Gasteiger charge is -2.14. The molecule has 6 aromatic rings. The van der Waals surface area contributed by atoms with Crippen LogP contribution in [-0.4, -0.2) is 9.38 Å². The van der Waals surface area contributed by atoms with E-state index in [-0.39, 0.29) is 5.82 Å². The molecule has 6 rings (SSSR count). The van der Waals surface area contributed by atoms with Crippen LogP contribution in [-0.2, 0) is 0 Å². The van der Waals surface area contributed by atoms with Crippen molar-refractivity contribution in [3.05, 3.63) is 70.6 Å². The maximum atomic E-state index is 14.4. The Kier molecular flexibility index (Phi) is 3.03. The van der Waals surface area contributed by atoms with Crippen LogP contribution >= 0.6 is 11.3 Å². The van der Waals surface area contributed by atoms with E-state index in [4.69, 9.17) is 4.98 Å². The van der Waals surface area contributed by atoms with Gasteiger partial charge in [0.2, 0.25) is 0 Å². The summed E-state index contributed by atoms with van der Waals surface area (Å²) in [4.78, 5) is 4.92. The normalized spacial score (nSPS) is 12.3. The first kappa shape index (κ1) is 16.0. The minimum atomic E-state index is -0.146. The van der Waals surface area contributed by atoms with E-state index in [0.717, 1.165) is 38.0 Å². The average molecular weight is 384 g/mol. The fraction of sp³-hybridized carbons (Fsp3) is 0.125. The fourth-order valence-corrected chi connectivity index (χ4v) is 5.38. The van der Waals surface area contributed by atoms with Crippen molar-refractivity contribution < 1.29 is 4.39 Å². The Hall–Kier alpha value is -2.98. The number of imidazole rings is 1. The van der Waals surface area contributed by atoms with Gasteiger partial charge in [-0.05, 0) is 60.7 Å². The number of benzene rings is 3. The molecule has 0 bridgehead atoms. The third-order valence-corrected chi connectivity index (χ3v) is 6.97. The summed E-state index contributed by atoms with van der Waals surface area (Å²) in [5.74, 6) is -0.146. The molecule has 3 heterocycles. The van der Waals surface area contributed by atoms with Gasteiger partial charge in [-0.1, -0.05) is 24.3 Å². The average Bonchev–Trinajstić information content (AvgIpc) is 3.21. The third kappa shape index (κ3) is 1.88. The lowest BCUT2D eigenvalue weighted by Crippen LogP contribution is -1.95. The minimum Gasteiger partial charge on any atom is -0.296 e. The summed E-state index contributed by atoms with van der Waals surface area (Å²) in [6.45, 7) is 6.32. The van der Waals surface area contributed by atoms with Gasteiger partial charge in [0, 0.05) is 31.9 Å². The molecular weight excluding hydrogens is 367 g/mol. The number of aromatic nitrogens is 2. The molecule has 4 heteroatoms. The SMILES string of the molecule is Cc1nc2c3cc4ccccc4c(C)c3c3cc4c(F)csc4cc3n2c1C. The first-order valence-electron chi connectivity index (χ1n) is 9.34. The molecular formula is C24H17FN2S. The molecule has 0 unspecified atom stereocenters. The molecule has 0 aliphatic carbocycles. The van der Waals surface area contributed by atoms with Gasteiger partial charge >= 0.3 is 0 Å². The van der Waals surface area contributed by atoms with Crippen molar-refractivity contribution in [3.63, 3.8) is 0 Å². The second kappa shape index (κ2) is 5.30. The van der Waals surface area contributed by atoms with Crippen molar-refractivity contribution in [3.8, 4) is 0 Å². The van der Waals surface area contributed by atoms with Gasteiger partial charge < -0.3 is 0 Å². The molecule has 0 N–H and O–H groups in total. The third-order valence-electron chi connectivity index (χ3n) is 6.05. The summed E-state index contributed by atoms with van der Waals surface area (Å²) in [6.07, 6.45) is 0. The molecule has 0 saturated heterocycles. The van der Waals surface area contributed by atoms with Crippen molar-refractivity contribution in [1.82, 2.24) is 9.38 Å². The zero-order valence-corrected chi connectivity index (χ0v) is 16.6. The van der Waals surface area contributed by atoms with E-state index in [1.807, 2.05) is 6.07 Å². The Morgan fingerprint density at radius 3 is 2.61 bits per heavy atom. The Morgan fingerprint density at radius 2 is 1.75 bits per heavy atom. The first-order chi connectivity index (χ1) is 13.5. The summed E-state index contributed by atoms with van der Waals surface area (Å²) in [5.41, 5.74) is 5.44. The zero-order valence-electron chi connectivity index (χ0n) is 15.8. The highest BCUT2D eigenvalue weighted by atomic mass is 32.1. The zero-order chi connectivity index (χ0) is 19.2. The molecule has 0 aliphatic heterocycles. The number of pyridine rings is 1. The van der Waals surface area contributed by atoms with Gasteiger partial charge in [0.25, 0.3) is 0 Å². The summed E-state index contributed by atoms with van der Waals surface area (Å²) in [6, 6.07) is 14.8. The summed E-state index contributed by atoms with van der Waals surface area (Å²) >= 11 is 1.45. The molecule has 3 aromatic heterocycles. The van der Waals surface area contributed by atoms with E-state index in [1.54, 1.807) is 5.38 Å². The van der Waals surface area contributed by atoms with Crippen LogP contribution in [0.2, 0.25) is 0 Å². The molecule has 2 nitrogen and oxygen atoms in total. The Morgan fingerprint density at radius 1 is 0.929 bits per heavy atom. The molecule has 0 atom stereocenters. The van der Waals surface area contributed by atoms with Crippen LogP contribution in [0.1, 0.15) is 17.0 Å². The number of hydrogen-bond acceptors (Lipinski definition) is 2. The van der Waals surface area contributed by atoms with Gasteiger partial charge in [-0.15, -0.1) is 11.3 Å². The minimum absolute atomic E-state index is 0.146. The van der Waals surface area contributed by atoms with Crippen molar-refractivity contribution in [2.24, 2.45) is 0 Å². The van der Waals surface area contributed by atoms with Crippen LogP contribution in [0.4, 0.5) is 4.39 Å². The van der Waals surface area contributed by atoms with Gasteiger partial charge in [-0.2, -0.15) is 0 Å². The number of thiophene rings is 1. The maximum Gasteiger partial charge on any atom is 0.145 e. The fourth-order valence-electron chi connectivity index (χ4n) is 4.56. The molecule has 0 aliphatic rings. The highest BCUT2D eigenvalue weighted by molar-refractivity contribution is 7.17. The predicted molar refractivity (Wildman–Crippen MR) is 117 cm³/mol. The largest absolute Gasteiger partial charge is 0.296 e. The molecule has 0 radical (unpaired) electrons. The number of nitrogens with zero attached hydrogens (tertiary/aromatic N) is 2. The number of halogens is 1. The van der Waals surface area contributed by atoms with E-state index in [1.165, 1.54) is 33.1 Å². The van der Waals surface area contributed by atoms with Crippen LogP contribution < -0.4 is 0 Å². The molecule has 0 fully saturated rings. The van der Waals surface area contributed by atoms with Gasteiger partial charge in [-0.3, -0.25) is 4.40 Å². The van der Waals surface area contributed by atoms with Crippen molar-refractivity contribution in [1.29, 1.82) is 0 Å². The smallest absolute Gasteiger partial charge is 0.145 e. The van der Waals surface area contributed by atoms with Gasteiger partial charge in [0.1, 0.15) is 11.5 Å². The number of aryl methyl sites for hydroxylation is 3. The number of fused-ring (bicyclic) bond motifs is 8. The Bertz CT molecular complexity index is 1600. The van der Waals surface area contributed by atoms with Gasteiger partial charge in [0.05, 0.1) is 11.2 Å². The van der Waals surface area contributed by atoms with Gasteiger partial charge in [0.15, 0.2) is 0 Å². The van der Waals surface area contributed by atoms with Crippen LogP contribution in [0.5, 0.6) is 0 Å².